The number of amides is 1. The van der Waals surface area contributed by atoms with Crippen LogP contribution in [-0.2, 0) is 24.0 Å². The van der Waals surface area contributed by atoms with Gasteiger partial charge in [0.25, 0.3) is 5.91 Å². The Morgan fingerprint density at radius 3 is 2.56 bits per heavy atom. The van der Waals surface area contributed by atoms with Gasteiger partial charge in [-0.25, -0.2) is 8.49 Å². The summed E-state index contributed by atoms with van der Waals surface area (Å²) < 4.78 is 76.5. The van der Waals surface area contributed by atoms with Crippen LogP contribution in [0.25, 0.3) is 0 Å². The predicted octanol–water partition coefficient (Wildman–Crippen LogP) is 3.00. The minimum Gasteiger partial charge on any atom is -0.484 e. The normalized spacial score (nSPS) is 24.6. The molecule has 0 spiro atoms. The Morgan fingerprint density at radius 2 is 1.94 bits per heavy atom. The minimum atomic E-state index is -4.72. The number of halogens is 4. The van der Waals surface area contributed by atoms with Gasteiger partial charge in [-0.15, -0.1) is 13.2 Å². The van der Waals surface area contributed by atoms with Gasteiger partial charge in [0.2, 0.25) is 0 Å². The van der Waals surface area contributed by atoms with Crippen molar-refractivity contribution >= 4 is 27.8 Å². The molecule has 1 N–H and O–H groups in total. The van der Waals surface area contributed by atoms with Crippen LogP contribution in [0.1, 0.15) is 19.3 Å². The molecule has 1 aliphatic carbocycles. The zero-order chi connectivity index (χ0) is 23.5. The first kappa shape index (κ1) is 24.6. The fourth-order valence-electron chi connectivity index (χ4n) is 3.40. The van der Waals surface area contributed by atoms with Crippen molar-refractivity contribution in [2.24, 2.45) is 5.92 Å². The Labute approximate surface area is 188 Å². The third-order valence-electron chi connectivity index (χ3n) is 5.09. The summed E-state index contributed by atoms with van der Waals surface area (Å²) in [6.07, 6.45) is -6.23. The summed E-state index contributed by atoms with van der Waals surface area (Å²) in [7, 11) is -4.09. The topological polar surface area (TPSA) is 94.2 Å². The van der Waals surface area contributed by atoms with Gasteiger partial charge in [-0.1, -0.05) is 18.2 Å². The van der Waals surface area contributed by atoms with Crippen LogP contribution in [-0.4, -0.2) is 56.9 Å². The number of nitrogens with zero attached hydrogens (tertiary/aromatic N) is 1. The van der Waals surface area contributed by atoms with E-state index in [1.54, 1.807) is 24.3 Å². The molecule has 1 atom stereocenters. The van der Waals surface area contributed by atoms with Crippen LogP contribution in [0.5, 0.6) is 5.75 Å². The molecule has 1 amide bonds. The lowest BCUT2D eigenvalue weighted by atomic mass is 9.78. The molecule has 178 valence electrons. The van der Waals surface area contributed by atoms with E-state index in [9.17, 15) is 26.4 Å². The summed E-state index contributed by atoms with van der Waals surface area (Å²) in [5.41, 5.74) is 0.203. The first-order valence-electron chi connectivity index (χ1n) is 9.71. The van der Waals surface area contributed by atoms with Crippen molar-refractivity contribution in [2.75, 3.05) is 19.7 Å². The fraction of sp³-hybridized carbons (Fsp3) is 0.526. The summed E-state index contributed by atoms with van der Waals surface area (Å²) in [4.78, 5) is 11.9. The van der Waals surface area contributed by atoms with E-state index < -0.39 is 34.8 Å². The largest absolute Gasteiger partial charge is 0.522 e. The summed E-state index contributed by atoms with van der Waals surface area (Å²) in [5, 5.41) is 3.13. The van der Waals surface area contributed by atoms with Crippen molar-refractivity contribution in [1.82, 2.24) is 9.62 Å². The van der Waals surface area contributed by atoms with Crippen molar-refractivity contribution in [3.05, 3.63) is 41.6 Å². The monoisotopic (exact) mass is 498 g/mol. The minimum absolute atomic E-state index is 0.0435. The number of carbonyl (C=O) groups is 1. The highest BCUT2D eigenvalue weighted by Crippen LogP contribution is 2.41. The fourth-order valence-corrected chi connectivity index (χ4v) is 4.90. The van der Waals surface area contributed by atoms with Crippen LogP contribution in [0, 0.1) is 5.92 Å². The molecule has 13 heteroatoms. The van der Waals surface area contributed by atoms with E-state index in [-0.39, 0.29) is 50.6 Å². The van der Waals surface area contributed by atoms with Gasteiger partial charge in [0.1, 0.15) is 11.9 Å². The highest BCUT2D eigenvalue weighted by Gasteiger charge is 2.48. The SMILES string of the molecule is C=C(CCNC(=O)COc1ccc(Cl)cc1)N1CC(C2CC(OC(F)(F)F)C2)OS1(=O)=O. The smallest absolute Gasteiger partial charge is 0.484 e. The predicted molar refractivity (Wildman–Crippen MR) is 108 cm³/mol. The third kappa shape index (κ3) is 6.74. The van der Waals surface area contributed by atoms with E-state index in [4.69, 9.17) is 20.5 Å². The standard InChI is InChI=1S/C19H22ClF3N2O6S/c1-12(6-7-24-18(26)11-29-15-4-2-14(20)3-5-15)25-10-17(31-32(25,27)28)13-8-16(9-13)30-19(21,22)23/h2-5,13,16-17H,1,6-11H2,(H,24,26). The van der Waals surface area contributed by atoms with Crippen molar-refractivity contribution < 1.29 is 40.0 Å². The highest BCUT2D eigenvalue weighted by atomic mass is 35.5. The van der Waals surface area contributed by atoms with E-state index in [1.807, 2.05) is 0 Å². The van der Waals surface area contributed by atoms with Gasteiger partial charge in [0.15, 0.2) is 6.61 Å². The lowest BCUT2D eigenvalue weighted by Gasteiger charge is -2.37. The average Bonchev–Trinajstić information content (AvgIpc) is 2.98. The number of hydrogen-bond acceptors (Lipinski definition) is 6. The third-order valence-corrected chi connectivity index (χ3v) is 6.78. The van der Waals surface area contributed by atoms with Crippen LogP contribution >= 0.6 is 11.6 Å². The Bertz CT molecular complexity index is 935. The number of rotatable bonds is 9. The van der Waals surface area contributed by atoms with Gasteiger partial charge >= 0.3 is 16.7 Å². The summed E-state index contributed by atoms with van der Waals surface area (Å²) in [6, 6.07) is 6.48. The molecule has 2 fully saturated rings. The second-order valence-corrected chi connectivity index (χ2v) is 9.37. The summed E-state index contributed by atoms with van der Waals surface area (Å²) in [5.74, 6) is -0.296. The Kier molecular flexibility index (Phi) is 7.58. The van der Waals surface area contributed by atoms with Crippen LogP contribution in [0.2, 0.25) is 5.02 Å². The molecule has 1 aromatic carbocycles. The molecule has 1 saturated carbocycles. The molecule has 0 aromatic heterocycles. The van der Waals surface area contributed by atoms with Gasteiger partial charge < -0.3 is 10.1 Å². The van der Waals surface area contributed by atoms with Crippen molar-refractivity contribution in [2.45, 2.75) is 37.8 Å². The average molecular weight is 499 g/mol. The first-order valence-corrected chi connectivity index (χ1v) is 11.5. The number of alkyl halides is 3. The highest BCUT2D eigenvalue weighted by molar-refractivity contribution is 7.84. The van der Waals surface area contributed by atoms with Gasteiger partial charge in [-0.05, 0) is 43.0 Å². The number of carbonyl (C=O) groups excluding carboxylic acids is 1. The Balaban J connectivity index is 1.39. The van der Waals surface area contributed by atoms with Crippen LogP contribution < -0.4 is 10.1 Å². The van der Waals surface area contributed by atoms with Gasteiger partial charge in [0, 0.05) is 23.7 Å². The van der Waals surface area contributed by atoms with E-state index in [2.05, 4.69) is 16.6 Å². The van der Waals surface area contributed by atoms with Crippen molar-refractivity contribution in [3.63, 3.8) is 0 Å². The number of nitrogens with one attached hydrogen (secondary N) is 1. The Hall–Kier alpha value is -2.02. The van der Waals surface area contributed by atoms with E-state index in [1.165, 1.54) is 0 Å². The first-order chi connectivity index (χ1) is 14.9. The molecule has 3 rings (SSSR count). The molecule has 0 bridgehead atoms. The molecule has 1 saturated heterocycles. The van der Waals surface area contributed by atoms with E-state index in [0.717, 1.165) is 4.31 Å². The molecule has 1 aliphatic heterocycles. The molecule has 0 radical (unpaired) electrons. The van der Waals surface area contributed by atoms with Gasteiger partial charge in [-0.2, -0.15) is 8.42 Å². The molecular formula is C19H22ClF3N2O6S. The maximum atomic E-state index is 12.3. The van der Waals surface area contributed by atoms with Crippen LogP contribution in [0.4, 0.5) is 13.2 Å². The molecule has 32 heavy (non-hydrogen) atoms. The summed E-state index contributed by atoms with van der Waals surface area (Å²) >= 11 is 5.77. The number of ether oxygens (including phenoxy) is 2. The van der Waals surface area contributed by atoms with Crippen LogP contribution in [0.3, 0.4) is 0 Å². The quantitative estimate of drug-likeness (QED) is 0.562. The van der Waals surface area contributed by atoms with Crippen molar-refractivity contribution in [1.29, 1.82) is 0 Å². The molecule has 8 nitrogen and oxygen atoms in total. The van der Waals surface area contributed by atoms with Crippen molar-refractivity contribution in [3.8, 4) is 5.75 Å². The van der Waals surface area contributed by atoms with E-state index in [0.29, 0.717) is 10.8 Å². The molecule has 1 heterocycles. The maximum Gasteiger partial charge on any atom is 0.522 e. The summed E-state index contributed by atoms with van der Waals surface area (Å²) in [6.45, 7) is 3.57. The lowest BCUT2D eigenvalue weighted by molar-refractivity contribution is -0.355. The number of benzene rings is 1. The van der Waals surface area contributed by atoms with E-state index >= 15 is 0 Å². The molecule has 1 unspecified atom stereocenters. The van der Waals surface area contributed by atoms with Gasteiger partial charge in [-0.3, -0.25) is 9.53 Å². The number of hydrogen-bond donors (Lipinski definition) is 1. The van der Waals surface area contributed by atoms with Gasteiger partial charge in [0.05, 0.1) is 12.6 Å². The molecule has 1 aromatic rings. The zero-order valence-electron chi connectivity index (χ0n) is 16.8. The molecular weight excluding hydrogens is 477 g/mol. The second kappa shape index (κ2) is 9.86. The Morgan fingerprint density at radius 1 is 1.28 bits per heavy atom. The zero-order valence-corrected chi connectivity index (χ0v) is 18.4. The molecule has 2 aliphatic rings. The maximum absolute atomic E-state index is 12.3. The lowest BCUT2D eigenvalue weighted by Crippen LogP contribution is -2.42. The van der Waals surface area contributed by atoms with Crippen LogP contribution in [0.15, 0.2) is 36.5 Å². The second-order valence-electron chi connectivity index (χ2n) is 7.45.